The van der Waals surface area contributed by atoms with E-state index < -0.39 is 17.4 Å². The Labute approximate surface area is 187 Å². The third-order valence-corrected chi connectivity index (χ3v) is 6.45. The van der Waals surface area contributed by atoms with E-state index in [9.17, 15) is 19.8 Å². The average Bonchev–Trinajstić information content (AvgIpc) is 3.16. The Bertz CT molecular complexity index is 648. The van der Waals surface area contributed by atoms with Gasteiger partial charge >= 0.3 is 11.9 Å². The van der Waals surface area contributed by atoms with Crippen LogP contribution >= 0.6 is 12.4 Å². The zero-order valence-electron chi connectivity index (χ0n) is 18.4. The zero-order valence-corrected chi connectivity index (χ0v) is 19.3. The van der Waals surface area contributed by atoms with Crippen LogP contribution in [-0.4, -0.2) is 40.1 Å². The van der Waals surface area contributed by atoms with Gasteiger partial charge in [-0.3, -0.25) is 14.5 Å². The lowest BCUT2D eigenvalue weighted by molar-refractivity contribution is -0.164. The van der Waals surface area contributed by atoms with Gasteiger partial charge in [-0.05, 0) is 50.3 Å². The highest BCUT2D eigenvalue weighted by Crippen LogP contribution is 2.41. The number of carboxylic acid groups (broad SMARTS) is 2. The predicted molar refractivity (Wildman–Crippen MR) is 122 cm³/mol. The van der Waals surface area contributed by atoms with Crippen LogP contribution < -0.4 is 0 Å². The maximum atomic E-state index is 11.5. The molecule has 1 aromatic carbocycles. The van der Waals surface area contributed by atoms with Crippen LogP contribution in [-0.2, 0) is 22.6 Å². The third-order valence-electron chi connectivity index (χ3n) is 6.45. The molecule has 0 saturated heterocycles. The Hall–Kier alpha value is -1.59. The highest BCUT2D eigenvalue weighted by molar-refractivity contribution is 5.98. The van der Waals surface area contributed by atoms with E-state index in [1.54, 1.807) is 0 Å². The van der Waals surface area contributed by atoms with Gasteiger partial charge in [0.15, 0.2) is 5.41 Å². The summed E-state index contributed by atoms with van der Waals surface area (Å²) in [5, 5.41) is 18.8. The maximum Gasteiger partial charge on any atom is 0.321 e. The monoisotopic (exact) mass is 439 g/mol. The van der Waals surface area contributed by atoms with Crippen molar-refractivity contribution in [1.82, 2.24) is 4.90 Å². The average molecular weight is 440 g/mol. The minimum absolute atomic E-state index is 0. The molecule has 6 heteroatoms. The van der Waals surface area contributed by atoms with Gasteiger partial charge in [0.1, 0.15) is 0 Å². The van der Waals surface area contributed by atoms with E-state index in [0.29, 0.717) is 13.0 Å². The van der Waals surface area contributed by atoms with Crippen molar-refractivity contribution < 1.29 is 19.8 Å². The molecule has 5 nitrogen and oxygen atoms in total. The molecular weight excluding hydrogens is 402 g/mol. The molecule has 0 aliphatic heterocycles. The molecule has 0 radical (unpaired) electrons. The molecule has 0 aromatic heterocycles. The first kappa shape index (κ1) is 26.4. The van der Waals surface area contributed by atoms with E-state index >= 15 is 0 Å². The number of benzene rings is 1. The van der Waals surface area contributed by atoms with Crippen LogP contribution in [0.3, 0.4) is 0 Å². The number of halogens is 1. The molecule has 1 aliphatic rings. The fraction of sp³-hybridized carbons (Fsp3) is 0.667. The first-order valence-electron chi connectivity index (χ1n) is 11.1. The number of aliphatic carboxylic acids is 2. The van der Waals surface area contributed by atoms with E-state index in [4.69, 9.17) is 0 Å². The second-order valence-electron chi connectivity index (χ2n) is 8.69. The van der Waals surface area contributed by atoms with E-state index in [2.05, 4.69) is 36.1 Å². The van der Waals surface area contributed by atoms with Crippen LogP contribution in [0.25, 0.3) is 0 Å². The highest BCUT2D eigenvalue weighted by atomic mass is 35.5. The topological polar surface area (TPSA) is 77.8 Å². The second kappa shape index (κ2) is 13.0. The van der Waals surface area contributed by atoms with Crippen molar-refractivity contribution >= 4 is 24.3 Å². The predicted octanol–water partition coefficient (Wildman–Crippen LogP) is 5.54. The van der Waals surface area contributed by atoms with Gasteiger partial charge in [0.05, 0.1) is 0 Å². The van der Waals surface area contributed by atoms with Gasteiger partial charge in [0.25, 0.3) is 0 Å². The summed E-state index contributed by atoms with van der Waals surface area (Å²) >= 11 is 0. The van der Waals surface area contributed by atoms with E-state index in [-0.39, 0.29) is 31.3 Å². The third kappa shape index (κ3) is 7.28. The van der Waals surface area contributed by atoms with E-state index in [0.717, 1.165) is 6.42 Å². The molecule has 0 amide bonds. The van der Waals surface area contributed by atoms with Crippen molar-refractivity contribution in [1.29, 1.82) is 0 Å². The molecule has 170 valence electrons. The van der Waals surface area contributed by atoms with E-state index in [1.807, 2.05) is 7.05 Å². The van der Waals surface area contributed by atoms with Crippen LogP contribution in [0.5, 0.6) is 0 Å². The standard InChI is InChI=1S/C24H37NO4.ClH/c1-3-4-5-6-7-8-9-10-19-11-13-20(14-12-19)18-25(2)21-15-16-24(17-21,22(26)27)23(28)29;/h11-14,21H,3-10,15-18H2,1-2H3,(H,26,27)(H,28,29);1H. The Morgan fingerprint density at radius 3 is 2.03 bits per heavy atom. The van der Waals surface area contributed by atoms with Crippen LogP contribution in [0.1, 0.15) is 82.3 Å². The number of carboxylic acids is 2. The Balaban J connectivity index is 0.00000450. The zero-order chi connectivity index (χ0) is 21.3. The van der Waals surface area contributed by atoms with E-state index in [1.165, 1.54) is 56.1 Å². The van der Waals surface area contributed by atoms with Gasteiger partial charge in [-0.15, -0.1) is 12.4 Å². The van der Waals surface area contributed by atoms with Crippen molar-refractivity contribution in [2.24, 2.45) is 5.41 Å². The van der Waals surface area contributed by atoms with Crippen molar-refractivity contribution in [2.45, 2.75) is 90.1 Å². The smallest absolute Gasteiger partial charge is 0.321 e. The molecule has 1 atom stereocenters. The largest absolute Gasteiger partial charge is 0.480 e. The van der Waals surface area contributed by atoms with Gasteiger partial charge in [0, 0.05) is 12.6 Å². The van der Waals surface area contributed by atoms with Gasteiger partial charge in [-0.25, -0.2) is 0 Å². The molecular formula is C24H38ClNO4. The SMILES string of the molecule is CCCCCCCCCc1ccc(CN(C)C2CCC(C(=O)O)(C(=O)O)C2)cc1.Cl. The van der Waals surface area contributed by atoms with Gasteiger partial charge < -0.3 is 10.2 Å². The van der Waals surface area contributed by atoms with Crippen molar-refractivity contribution in [3.63, 3.8) is 0 Å². The van der Waals surface area contributed by atoms with Crippen molar-refractivity contribution in [2.75, 3.05) is 7.05 Å². The lowest BCUT2D eigenvalue weighted by atomic mass is 9.86. The molecule has 1 aromatic rings. The quantitative estimate of drug-likeness (QED) is 0.311. The molecule has 1 unspecified atom stereocenters. The Morgan fingerprint density at radius 1 is 0.967 bits per heavy atom. The van der Waals surface area contributed by atoms with Crippen LogP contribution in [0.4, 0.5) is 0 Å². The fourth-order valence-corrected chi connectivity index (χ4v) is 4.39. The summed E-state index contributed by atoms with van der Waals surface area (Å²) in [6.45, 7) is 2.95. The second-order valence-corrected chi connectivity index (χ2v) is 8.69. The Morgan fingerprint density at radius 2 is 1.50 bits per heavy atom. The summed E-state index contributed by atoms with van der Waals surface area (Å²) in [5.74, 6) is -2.42. The molecule has 0 bridgehead atoms. The summed E-state index contributed by atoms with van der Waals surface area (Å²) in [5.41, 5.74) is 0.917. The molecule has 0 spiro atoms. The van der Waals surface area contributed by atoms with Gasteiger partial charge in [-0.2, -0.15) is 0 Å². The fourth-order valence-electron chi connectivity index (χ4n) is 4.39. The number of hydrogen-bond acceptors (Lipinski definition) is 3. The van der Waals surface area contributed by atoms with Crippen molar-refractivity contribution in [3.05, 3.63) is 35.4 Å². The lowest BCUT2D eigenvalue weighted by Gasteiger charge is -2.26. The molecule has 1 aliphatic carbocycles. The number of nitrogens with zero attached hydrogens (tertiary/aromatic N) is 1. The van der Waals surface area contributed by atoms with Crippen LogP contribution in [0.2, 0.25) is 0 Å². The Kier molecular flexibility index (Phi) is 11.4. The maximum absolute atomic E-state index is 11.5. The lowest BCUT2D eigenvalue weighted by Crippen LogP contribution is -2.39. The number of unbranched alkanes of at least 4 members (excludes halogenated alkanes) is 6. The molecule has 30 heavy (non-hydrogen) atoms. The first-order valence-corrected chi connectivity index (χ1v) is 11.1. The number of rotatable bonds is 13. The molecule has 1 saturated carbocycles. The number of carbonyl (C=O) groups is 2. The molecule has 2 N–H and O–H groups in total. The normalized spacial score (nSPS) is 17.6. The minimum atomic E-state index is -1.63. The summed E-state index contributed by atoms with van der Waals surface area (Å²) in [6.07, 6.45) is 11.3. The van der Waals surface area contributed by atoms with Crippen LogP contribution in [0, 0.1) is 5.41 Å². The summed E-state index contributed by atoms with van der Waals surface area (Å²) < 4.78 is 0. The van der Waals surface area contributed by atoms with Gasteiger partial charge in [0.2, 0.25) is 0 Å². The molecule has 0 heterocycles. The number of hydrogen-bond donors (Lipinski definition) is 2. The molecule has 2 rings (SSSR count). The number of aryl methyl sites for hydroxylation is 1. The molecule has 1 fully saturated rings. The van der Waals surface area contributed by atoms with Gasteiger partial charge in [-0.1, -0.05) is 69.7 Å². The highest BCUT2D eigenvalue weighted by Gasteiger charge is 2.52. The minimum Gasteiger partial charge on any atom is -0.480 e. The van der Waals surface area contributed by atoms with Crippen LogP contribution in [0.15, 0.2) is 24.3 Å². The summed E-state index contributed by atoms with van der Waals surface area (Å²) in [4.78, 5) is 25.1. The first-order chi connectivity index (χ1) is 13.9. The van der Waals surface area contributed by atoms with Crippen molar-refractivity contribution in [3.8, 4) is 0 Å². The summed E-state index contributed by atoms with van der Waals surface area (Å²) in [6, 6.07) is 8.64. The summed E-state index contributed by atoms with van der Waals surface area (Å²) in [7, 11) is 1.96.